The molecule has 0 amide bonds. The second-order valence-electron chi connectivity index (χ2n) is 8.28. The van der Waals surface area contributed by atoms with E-state index in [0.717, 1.165) is 46.2 Å². The predicted octanol–water partition coefficient (Wildman–Crippen LogP) is 5.48. The van der Waals surface area contributed by atoms with Crippen LogP contribution in [0.2, 0.25) is 0 Å². The summed E-state index contributed by atoms with van der Waals surface area (Å²) in [7, 11) is 0. The molecule has 14 heteroatoms. The molecule has 0 saturated heterocycles. The molecule has 3 aromatic heterocycles. The van der Waals surface area contributed by atoms with E-state index >= 15 is 0 Å². The fourth-order valence-electron chi connectivity index (χ4n) is 4.25. The van der Waals surface area contributed by atoms with Gasteiger partial charge in [0, 0.05) is 22.7 Å². The average Bonchev–Trinajstić information content (AvgIpc) is 3.41. The van der Waals surface area contributed by atoms with Gasteiger partial charge in [0.25, 0.3) is 5.56 Å². The van der Waals surface area contributed by atoms with Crippen LogP contribution in [0.15, 0.2) is 62.8 Å². The highest BCUT2D eigenvalue weighted by molar-refractivity contribution is 7.09. The number of halogens is 6. The van der Waals surface area contributed by atoms with Crippen molar-refractivity contribution in [3.05, 3.63) is 96.4 Å². The van der Waals surface area contributed by atoms with Gasteiger partial charge in [0.15, 0.2) is 5.69 Å². The van der Waals surface area contributed by atoms with Crippen LogP contribution < -0.4 is 11.2 Å². The van der Waals surface area contributed by atoms with Gasteiger partial charge in [-0.2, -0.15) is 26.3 Å². The van der Waals surface area contributed by atoms with Crippen molar-refractivity contribution in [3.63, 3.8) is 0 Å². The van der Waals surface area contributed by atoms with Crippen molar-refractivity contribution < 1.29 is 36.2 Å². The highest BCUT2D eigenvalue weighted by atomic mass is 32.1. The number of aromatic carboxylic acids is 1. The topological polar surface area (TPSA) is 97.1 Å². The number of carboxylic acids is 1. The third-order valence-electron chi connectivity index (χ3n) is 5.95. The summed E-state index contributed by atoms with van der Waals surface area (Å²) in [5.74, 6) is -1.67. The van der Waals surface area contributed by atoms with Crippen LogP contribution in [0.25, 0.3) is 27.5 Å². The fraction of sp³-hybridized carbons (Fsp3) is 0.125. The summed E-state index contributed by atoms with van der Waals surface area (Å²) >= 11 is 1.08. The van der Waals surface area contributed by atoms with Crippen molar-refractivity contribution in [2.24, 2.45) is 0 Å². The summed E-state index contributed by atoms with van der Waals surface area (Å²) in [6.45, 7) is -0.380. The van der Waals surface area contributed by atoms with Crippen molar-refractivity contribution in [2.45, 2.75) is 18.9 Å². The maximum Gasteiger partial charge on any atom is 0.416 e. The lowest BCUT2D eigenvalue weighted by molar-refractivity contribution is -0.138. The number of nitrogens with one attached hydrogen (secondary N) is 1. The van der Waals surface area contributed by atoms with E-state index in [1.807, 2.05) is 0 Å². The van der Waals surface area contributed by atoms with Gasteiger partial charge in [-0.15, -0.1) is 11.3 Å². The maximum atomic E-state index is 13.6. The van der Waals surface area contributed by atoms with E-state index < -0.39 is 52.1 Å². The van der Waals surface area contributed by atoms with Gasteiger partial charge in [0.1, 0.15) is 0 Å². The normalized spacial score (nSPS) is 12.5. The van der Waals surface area contributed by atoms with E-state index in [-0.39, 0.29) is 33.9 Å². The van der Waals surface area contributed by atoms with Crippen LogP contribution in [0.1, 0.15) is 27.2 Å². The summed E-state index contributed by atoms with van der Waals surface area (Å²) in [6.07, 6.45) is -9.45. The van der Waals surface area contributed by atoms with Crippen LogP contribution in [0.3, 0.4) is 0 Å². The number of hydrogen-bond acceptors (Lipinski definition) is 4. The second kappa shape index (κ2) is 8.62. The molecule has 0 aliphatic carbocycles. The van der Waals surface area contributed by atoms with E-state index in [4.69, 9.17) is 0 Å². The van der Waals surface area contributed by atoms with Crippen LogP contribution in [0.5, 0.6) is 0 Å². The Kier molecular flexibility index (Phi) is 5.74. The number of carboxylic acid groups (broad SMARTS) is 1. The first-order valence-corrected chi connectivity index (χ1v) is 11.6. The Hall–Kier alpha value is -4.33. The van der Waals surface area contributed by atoms with Crippen molar-refractivity contribution in [2.75, 3.05) is 0 Å². The summed E-state index contributed by atoms with van der Waals surface area (Å²) in [5.41, 5.74) is -5.13. The molecule has 0 aliphatic heterocycles. The third kappa shape index (κ3) is 4.16. The van der Waals surface area contributed by atoms with E-state index in [2.05, 4.69) is 4.98 Å². The van der Waals surface area contributed by atoms with Gasteiger partial charge in [0.05, 0.1) is 33.2 Å². The zero-order valence-electron chi connectivity index (χ0n) is 18.6. The average molecular weight is 553 g/mol. The minimum absolute atomic E-state index is 0.0153. The number of nitrogens with zero attached hydrogens (tertiary/aromatic N) is 2. The lowest BCUT2D eigenvalue weighted by Crippen LogP contribution is -2.34. The van der Waals surface area contributed by atoms with E-state index in [9.17, 15) is 45.8 Å². The maximum absolute atomic E-state index is 13.6. The van der Waals surface area contributed by atoms with Crippen LogP contribution >= 0.6 is 11.3 Å². The quantitative estimate of drug-likeness (QED) is 0.288. The molecule has 0 spiro atoms. The molecule has 0 atom stereocenters. The molecule has 0 radical (unpaired) electrons. The zero-order valence-corrected chi connectivity index (χ0v) is 19.5. The zero-order chi connectivity index (χ0) is 27.6. The van der Waals surface area contributed by atoms with Gasteiger partial charge in [-0.25, -0.2) is 14.2 Å². The van der Waals surface area contributed by atoms with E-state index in [1.54, 1.807) is 0 Å². The number of fused-ring (bicyclic) bond motifs is 2. The highest BCUT2D eigenvalue weighted by Gasteiger charge is 2.34. The Labute approximate surface area is 210 Å². The van der Waals surface area contributed by atoms with Crippen LogP contribution in [-0.4, -0.2) is 25.2 Å². The first kappa shape index (κ1) is 25.3. The summed E-state index contributed by atoms with van der Waals surface area (Å²) in [6, 6.07) is 6.08. The minimum atomic E-state index is -4.83. The second-order valence-corrected chi connectivity index (χ2v) is 9.03. The monoisotopic (exact) mass is 553 g/mol. The fourth-order valence-corrected chi connectivity index (χ4v) is 5.00. The number of hydrogen-bond donors (Lipinski definition) is 2. The molecule has 7 nitrogen and oxygen atoms in total. The Bertz CT molecular complexity index is 1840. The first-order chi connectivity index (χ1) is 17.8. The SMILES string of the molecule is O=C(O)c1c(-n2c(=O)[nH]c3cscc3c2=O)c2cc(C(F)(F)F)ccc2n1Cc1ccc(C(F)(F)F)cc1. The molecule has 5 rings (SSSR count). The Morgan fingerprint density at radius 1 is 0.895 bits per heavy atom. The Morgan fingerprint density at radius 3 is 2.13 bits per heavy atom. The minimum Gasteiger partial charge on any atom is -0.477 e. The summed E-state index contributed by atoms with van der Waals surface area (Å²) in [5, 5.41) is 12.6. The van der Waals surface area contributed by atoms with Gasteiger partial charge < -0.3 is 14.7 Å². The molecular formula is C24H13F6N3O4S. The number of rotatable bonds is 4. The molecular weight excluding hydrogens is 540 g/mol. The Morgan fingerprint density at radius 2 is 1.53 bits per heavy atom. The number of alkyl halides is 6. The Balaban J connectivity index is 1.84. The van der Waals surface area contributed by atoms with E-state index in [0.29, 0.717) is 16.7 Å². The molecule has 0 bridgehead atoms. The summed E-state index contributed by atoms with van der Waals surface area (Å²) < 4.78 is 81.1. The van der Waals surface area contributed by atoms with Crippen LogP contribution in [-0.2, 0) is 18.9 Å². The van der Waals surface area contributed by atoms with Gasteiger partial charge in [-0.3, -0.25) is 4.79 Å². The number of aromatic amines is 1. The predicted molar refractivity (Wildman–Crippen MR) is 126 cm³/mol. The largest absolute Gasteiger partial charge is 0.477 e. The third-order valence-corrected chi connectivity index (χ3v) is 6.70. The highest BCUT2D eigenvalue weighted by Crippen LogP contribution is 2.36. The lowest BCUT2D eigenvalue weighted by Gasteiger charge is -2.12. The van der Waals surface area contributed by atoms with Crippen LogP contribution in [0.4, 0.5) is 26.3 Å². The number of aromatic nitrogens is 3. The van der Waals surface area contributed by atoms with Crippen molar-refractivity contribution in [1.29, 1.82) is 0 Å². The van der Waals surface area contributed by atoms with Crippen LogP contribution in [0, 0.1) is 0 Å². The van der Waals surface area contributed by atoms with Gasteiger partial charge >= 0.3 is 24.0 Å². The van der Waals surface area contributed by atoms with Crippen molar-refractivity contribution in [3.8, 4) is 5.69 Å². The number of H-pyrrole nitrogens is 1. The van der Waals surface area contributed by atoms with Gasteiger partial charge in [-0.1, -0.05) is 12.1 Å². The molecule has 0 unspecified atom stereocenters. The van der Waals surface area contributed by atoms with E-state index in [1.165, 1.54) is 10.8 Å². The van der Waals surface area contributed by atoms with Crippen molar-refractivity contribution >= 4 is 39.1 Å². The lowest BCUT2D eigenvalue weighted by atomic mass is 10.1. The number of thiophene rings is 1. The molecule has 38 heavy (non-hydrogen) atoms. The molecule has 196 valence electrons. The standard InChI is InChI=1S/C24H13F6N3O4S/c25-23(26,27)12-3-1-11(2-4-12)8-32-17-6-5-13(24(28,29)30)7-14(17)18(19(32)21(35)36)33-20(34)15-9-38-10-16(15)31-22(33)37/h1-7,9-10H,8H2,(H,31,37)(H,35,36). The number of carbonyl (C=O) groups is 1. The van der Waals surface area contributed by atoms with Gasteiger partial charge in [0.2, 0.25) is 0 Å². The molecule has 2 N–H and O–H groups in total. The number of benzene rings is 2. The molecule has 0 fully saturated rings. The van der Waals surface area contributed by atoms with Gasteiger partial charge in [-0.05, 0) is 35.9 Å². The molecule has 0 aliphatic rings. The molecule has 2 aromatic carbocycles. The molecule has 3 heterocycles. The smallest absolute Gasteiger partial charge is 0.416 e. The van der Waals surface area contributed by atoms with Crippen molar-refractivity contribution in [1.82, 2.24) is 14.1 Å². The summed E-state index contributed by atoms with van der Waals surface area (Å²) in [4.78, 5) is 41.0. The molecule has 0 saturated carbocycles. The molecule has 5 aromatic rings. The first-order valence-electron chi connectivity index (χ1n) is 10.6.